The van der Waals surface area contributed by atoms with Gasteiger partial charge in [0.05, 0.1) is 41.0 Å². The number of rotatable bonds is 9. The highest BCUT2D eigenvalue weighted by molar-refractivity contribution is 9.09. The van der Waals surface area contributed by atoms with Crippen LogP contribution in [0.25, 0.3) is 0 Å². The van der Waals surface area contributed by atoms with E-state index in [0.29, 0.717) is 12.1 Å². The van der Waals surface area contributed by atoms with E-state index < -0.39 is 52.7 Å². The van der Waals surface area contributed by atoms with Crippen LogP contribution in [0.2, 0.25) is 10.3 Å². The summed E-state index contributed by atoms with van der Waals surface area (Å²) in [6.45, 7) is 0.381. The molecule has 0 fully saturated rings. The molecule has 6 rings (SSSR count). The molecule has 5 aromatic heterocycles. The maximum absolute atomic E-state index is 13.4. The van der Waals surface area contributed by atoms with Crippen LogP contribution in [-0.2, 0) is 18.9 Å². The molecular formula is C31H20BrCl2F6N9O4. The van der Waals surface area contributed by atoms with Crippen LogP contribution in [0.5, 0.6) is 23.3 Å². The third kappa shape index (κ3) is 12.4. The number of hydrogen-bond donors (Lipinski definition) is 0. The molecule has 0 saturated heterocycles. The fourth-order valence-electron chi connectivity index (χ4n) is 3.84. The zero-order valence-electron chi connectivity index (χ0n) is 26.3. The van der Waals surface area contributed by atoms with Crippen molar-refractivity contribution >= 4 is 63.3 Å². The number of pyridine rings is 4. The average molecular weight is 847 g/mol. The predicted molar refractivity (Wildman–Crippen MR) is 181 cm³/mol. The van der Waals surface area contributed by atoms with Gasteiger partial charge in [0.15, 0.2) is 11.6 Å². The molecule has 276 valence electrons. The summed E-state index contributed by atoms with van der Waals surface area (Å²) in [6.07, 6.45) is 0.387. The maximum Gasteiger partial charge on any atom is 0.417 e. The van der Waals surface area contributed by atoms with Gasteiger partial charge in [-0.1, -0.05) is 39.1 Å². The van der Waals surface area contributed by atoms with Crippen molar-refractivity contribution in [3.8, 4) is 23.3 Å². The van der Waals surface area contributed by atoms with Gasteiger partial charge in [-0.05, 0) is 24.3 Å². The summed E-state index contributed by atoms with van der Waals surface area (Å²) >= 11 is 14.1. The highest BCUT2D eigenvalue weighted by Gasteiger charge is 2.37. The number of aliphatic imine (C=N–C) groups is 2. The Bertz CT molecular complexity index is 2060. The van der Waals surface area contributed by atoms with Crippen LogP contribution in [0, 0.1) is 0 Å². The molecular weight excluding hydrogens is 827 g/mol. The monoisotopic (exact) mass is 845 g/mol. The van der Waals surface area contributed by atoms with Crippen LogP contribution in [-0.4, -0.2) is 70.7 Å². The van der Waals surface area contributed by atoms with Gasteiger partial charge < -0.3 is 9.47 Å². The largest absolute Gasteiger partial charge is 0.437 e. The third-order valence-corrected chi connectivity index (χ3v) is 7.11. The molecule has 0 unspecified atom stereocenters. The van der Waals surface area contributed by atoms with Crippen LogP contribution < -0.4 is 9.47 Å². The number of hydrogen-bond acceptors (Lipinski definition) is 12. The lowest BCUT2D eigenvalue weighted by Gasteiger charge is -2.13. The first kappa shape index (κ1) is 40.4. The molecule has 0 amide bonds. The highest BCUT2D eigenvalue weighted by Crippen LogP contribution is 2.36. The Hall–Kier alpha value is -5.34. The molecule has 0 atom stereocenters. The molecule has 0 bridgehead atoms. The number of alkyl halides is 7. The Morgan fingerprint density at radius 2 is 1.30 bits per heavy atom. The van der Waals surface area contributed by atoms with Gasteiger partial charge in [0.1, 0.15) is 47.3 Å². The van der Waals surface area contributed by atoms with Crippen LogP contribution >= 0.6 is 39.1 Å². The fraction of sp³-hybridized carbons (Fsp3) is 0.161. The van der Waals surface area contributed by atoms with Crippen molar-refractivity contribution in [2.45, 2.75) is 18.9 Å². The Kier molecular flexibility index (Phi) is 14.1. The Morgan fingerprint density at radius 3 is 1.66 bits per heavy atom. The van der Waals surface area contributed by atoms with E-state index in [2.05, 4.69) is 55.9 Å². The molecule has 0 aliphatic carbocycles. The van der Waals surface area contributed by atoms with Crippen LogP contribution in [0.15, 0.2) is 83.8 Å². The van der Waals surface area contributed by atoms with Crippen LogP contribution in [0.3, 0.4) is 0 Å². The first-order valence-corrected chi connectivity index (χ1v) is 16.2. The average Bonchev–Trinajstić information content (AvgIpc) is 3.88. The van der Waals surface area contributed by atoms with Crippen molar-refractivity contribution in [1.29, 1.82) is 0 Å². The van der Waals surface area contributed by atoms with Gasteiger partial charge in [-0.2, -0.15) is 31.4 Å². The number of carbonyl (C=O) groups is 2. The fourth-order valence-corrected chi connectivity index (χ4v) is 4.36. The van der Waals surface area contributed by atoms with Crippen LogP contribution in [0.4, 0.5) is 26.3 Å². The zero-order chi connectivity index (χ0) is 38.6. The first-order chi connectivity index (χ1) is 25.1. The Labute approximate surface area is 312 Å². The van der Waals surface area contributed by atoms with Crippen molar-refractivity contribution in [2.75, 3.05) is 11.9 Å². The van der Waals surface area contributed by atoms with E-state index in [1.54, 1.807) is 12.6 Å². The van der Waals surface area contributed by atoms with Gasteiger partial charge in [0, 0.05) is 36.3 Å². The van der Waals surface area contributed by atoms with Crippen molar-refractivity contribution < 1.29 is 45.4 Å². The molecule has 0 radical (unpaired) electrons. The number of halogens is 9. The molecule has 13 nitrogen and oxygen atoms in total. The number of nitrogens with zero attached hydrogens (tertiary/aromatic N) is 9. The van der Waals surface area contributed by atoms with E-state index in [1.165, 1.54) is 49.3 Å². The lowest BCUT2D eigenvalue weighted by Crippen LogP contribution is -2.18. The summed E-state index contributed by atoms with van der Waals surface area (Å²) < 4.78 is 90.7. The number of carbonyl (C=O) groups excluding carboxylic acids is 2. The second-order valence-corrected chi connectivity index (χ2v) is 11.2. The number of aromatic nitrogens is 7. The summed E-state index contributed by atoms with van der Waals surface area (Å²) in [5.41, 5.74) is -3.38. The lowest BCUT2D eigenvalue weighted by molar-refractivity contribution is -0.138. The smallest absolute Gasteiger partial charge is 0.417 e. The van der Waals surface area contributed by atoms with Gasteiger partial charge in [-0.25, -0.2) is 34.6 Å². The van der Waals surface area contributed by atoms with E-state index >= 15 is 0 Å². The molecule has 0 spiro atoms. The topological polar surface area (TPSA) is 160 Å². The molecule has 0 saturated carbocycles. The molecule has 53 heavy (non-hydrogen) atoms. The molecule has 22 heteroatoms. The Morgan fingerprint density at radius 1 is 0.774 bits per heavy atom. The Balaban J connectivity index is 0.000000211. The molecule has 1 aliphatic heterocycles. The minimum Gasteiger partial charge on any atom is -0.437 e. The van der Waals surface area contributed by atoms with Gasteiger partial charge in [0.25, 0.3) is 0 Å². The van der Waals surface area contributed by atoms with E-state index in [9.17, 15) is 35.9 Å². The van der Waals surface area contributed by atoms with Crippen molar-refractivity contribution in [3.05, 3.63) is 106 Å². The molecule has 0 N–H and O–H groups in total. The second kappa shape index (κ2) is 18.4. The second-order valence-electron chi connectivity index (χ2n) is 9.85. The van der Waals surface area contributed by atoms with E-state index in [4.69, 9.17) is 32.7 Å². The van der Waals surface area contributed by atoms with E-state index in [1.807, 2.05) is 0 Å². The first-order valence-electron chi connectivity index (χ1n) is 14.3. The predicted octanol–water partition coefficient (Wildman–Crippen LogP) is 8.03. The van der Waals surface area contributed by atoms with Crippen LogP contribution in [0.1, 0.15) is 31.8 Å². The van der Waals surface area contributed by atoms with Crippen molar-refractivity contribution in [1.82, 2.24) is 34.7 Å². The summed E-state index contributed by atoms with van der Waals surface area (Å²) in [5, 5.41) is 3.88. The minimum absolute atomic E-state index is 0.150. The molecule has 5 aromatic rings. The summed E-state index contributed by atoms with van der Waals surface area (Å²) in [7, 11) is 0. The molecule has 6 heterocycles. The molecule has 0 aromatic carbocycles. The van der Waals surface area contributed by atoms with E-state index in [-0.39, 0.29) is 38.9 Å². The highest BCUT2D eigenvalue weighted by atomic mass is 79.9. The molecule has 1 aliphatic rings. The SMILES string of the molecule is C1=NC=NC1.O=C(CBr)c1cnc(Oc2ccc(Cl)nc2)cc1C(F)(F)F.O=C(Cn1cncn1)c1cnc(Oc2ccc(Cl)nc2)cc1C(F)(F)F. The maximum atomic E-state index is 13.4. The zero-order valence-corrected chi connectivity index (χ0v) is 29.4. The third-order valence-electron chi connectivity index (χ3n) is 6.15. The van der Waals surface area contributed by atoms with E-state index in [0.717, 1.165) is 23.6 Å². The summed E-state index contributed by atoms with van der Waals surface area (Å²) in [5.74, 6) is -1.85. The van der Waals surface area contributed by atoms with Gasteiger partial charge in [-0.3, -0.25) is 14.6 Å². The van der Waals surface area contributed by atoms with Crippen molar-refractivity contribution in [2.24, 2.45) is 9.98 Å². The quantitative estimate of drug-likeness (QED) is 0.0615. The minimum atomic E-state index is -4.77. The normalized spacial score (nSPS) is 11.9. The number of ketones is 2. The van der Waals surface area contributed by atoms with Gasteiger partial charge >= 0.3 is 12.4 Å². The number of Topliss-reactive ketones (excluding diaryl/α,β-unsaturated/α-hetero) is 2. The lowest BCUT2D eigenvalue weighted by atomic mass is 10.1. The van der Waals surface area contributed by atoms with Gasteiger partial charge in [0.2, 0.25) is 11.8 Å². The standard InChI is InChI=1S/C15H9ClF3N5O2.C13H7BrClF3N2O2.C3H4N2/c16-13-2-1-9(4-21-13)26-14-3-11(15(17,18)19)10(5-22-14)12(25)6-24-8-20-7-23-24;14-4-10(21)8-6-20-12(3-9(8)13(16,17)18)22-7-1-2-11(15)19-5-7;1-2-5-3-4-1/h1-5,7-8H,6H2;1-3,5-6H,4H2;1,3H,2H2. The summed E-state index contributed by atoms with van der Waals surface area (Å²) in [6, 6.07) is 7.02. The summed E-state index contributed by atoms with van der Waals surface area (Å²) in [4.78, 5) is 49.7. The van der Waals surface area contributed by atoms with Crippen molar-refractivity contribution in [3.63, 3.8) is 0 Å². The number of ether oxygens (including phenoxy) is 2. The van der Waals surface area contributed by atoms with Gasteiger partial charge in [-0.15, -0.1) is 0 Å².